The summed E-state index contributed by atoms with van der Waals surface area (Å²) >= 11 is 0. The van der Waals surface area contributed by atoms with Crippen molar-refractivity contribution in [1.29, 1.82) is 5.26 Å². The molecule has 4 heteroatoms. The molecule has 1 aromatic heterocycles. The van der Waals surface area contributed by atoms with Gasteiger partial charge in [-0.25, -0.2) is 0 Å². The quantitative estimate of drug-likeness (QED) is 0.787. The summed E-state index contributed by atoms with van der Waals surface area (Å²) in [6, 6.07) is 11.7. The molecule has 1 unspecified atom stereocenters. The number of methoxy groups -OCH3 is 1. The highest BCUT2D eigenvalue weighted by Gasteiger charge is 2.24. The van der Waals surface area contributed by atoms with Crippen molar-refractivity contribution < 1.29 is 9.53 Å². The molecule has 0 saturated heterocycles. The summed E-state index contributed by atoms with van der Waals surface area (Å²) in [6.07, 6.45) is 2.40. The van der Waals surface area contributed by atoms with E-state index in [0.717, 1.165) is 10.8 Å². The summed E-state index contributed by atoms with van der Waals surface area (Å²) in [5.74, 6) is -0.838. The van der Waals surface area contributed by atoms with Crippen LogP contribution < -0.4 is 0 Å². The first-order valence-corrected chi connectivity index (χ1v) is 6.06. The highest BCUT2D eigenvalue weighted by atomic mass is 16.5. The minimum Gasteiger partial charge on any atom is -0.469 e. The fraction of sp³-hybridized carbons (Fsp3) is 0.267. The van der Waals surface area contributed by atoms with Gasteiger partial charge in [0, 0.05) is 18.0 Å². The molecule has 0 saturated carbocycles. The number of hydrogen-bond donors (Lipinski definition) is 0. The fourth-order valence-corrected chi connectivity index (χ4v) is 2.14. The minimum atomic E-state index is -0.490. The number of carbonyl (C=O) groups is 1. The third-order valence-electron chi connectivity index (χ3n) is 3.07. The zero-order valence-corrected chi connectivity index (χ0v) is 10.7. The van der Waals surface area contributed by atoms with Crippen molar-refractivity contribution in [3.8, 4) is 6.07 Å². The van der Waals surface area contributed by atoms with Gasteiger partial charge in [0.1, 0.15) is 5.92 Å². The largest absolute Gasteiger partial charge is 0.469 e. The normalized spacial score (nSPS) is 11.8. The van der Waals surface area contributed by atoms with Crippen LogP contribution in [0.4, 0.5) is 0 Å². The Labute approximate surface area is 111 Å². The molecule has 0 aliphatic rings. The van der Waals surface area contributed by atoms with Crippen molar-refractivity contribution in [3.63, 3.8) is 0 Å². The second kappa shape index (κ2) is 5.96. The van der Waals surface area contributed by atoms with Crippen LogP contribution in [0.2, 0.25) is 0 Å². The maximum Gasteiger partial charge on any atom is 0.314 e. The van der Waals surface area contributed by atoms with E-state index in [9.17, 15) is 4.79 Å². The lowest BCUT2D eigenvalue weighted by molar-refractivity contribution is -0.142. The highest BCUT2D eigenvalue weighted by Crippen LogP contribution is 2.27. The maximum absolute atomic E-state index is 11.9. The average Bonchev–Trinajstić information content (AvgIpc) is 2.47. The van der Waals surface area contributed by atoms with Gasteiger partial charge in [0.05, 0.1) is 18.9 Å². The molecule has 96 valence electrons. The van der Waals surface area contributed by atoms with Gasteiger partial charge in [-0.15, -0.1) is 0 Å². The van der Waals surface area contributed by atoms with E-state index >= 15 is 0 Å². The van der Waals surface area contributed by atoms with E-state index in [1.807, 2.05) is 30.3 Å². The van der Waals surface area contributed by atoms with E-state index in [0.29, 0.717) is 18.5 Å². The van der Waals surface area contributed by atoms with E-state index in [-0.39, 0.29) is 5.97 Å². The number of rotatable bonds is 4. The Morgan fingerprint density at radius 3 is 2.95 bits per heavy atom. The molecule has 19 heavy (non-hydrogen) atoms. The van der Waals surface area contributed by atoms with E-state index in [2.05, 4.69) is 11.1 Å². The summed E-state index contributed by atoms with van der Waals surface area (Å²) in [5, 5.41) is 10.7. The van der Waals surface area contributed by atoms with Gasteiger partial charge in [0.15, 0.2) is 0 Å². The average molecular weight is 254 g/mol. The van der Waals surface area contributed by atoms with E-state index < -0.39 is 5.92 Å². The molecule has 0 aliphatic heterocycles. The lowest BCUT2D eigenvalue weighted by atomic mass is 9.95. The first-order valence-electron chi connectivity index (χ1n) is 6.06. The van der Waals surface area contributed by atoms with Crippen LogP contribution in [0.1, 0.15) is 24.5 Å². The van der Waals surface area contributed by atoms with E-state index in [1.165, 1.54) is 7.11 Å². The number of benzene rings is 1. The lowest BCUT2D eigenvalue weighted by Crippen LogP contribution is -2.16. The van der Waals surface area contributed by atoms with Gasteiger partial charge >= 0.3 is 5.97 Å². The maximum atomic E-state index is 11.9. The monoisotopic (exact) mass is 254 g/mol. The third-order valence-corrected chi connectivity index (χ3v) is 3.07. The smallest absolute Gasteiger partial charge is 0.314 e. The predicted octanol–water partition coefficient (Wildman–Crippen LogP) is 2.80. The number of aromatic nitrogens is 1. The Morgan fingerprint density at radius 2 is 2.21 bits per heavy atom. The highest BCUT2D eigenvalue weighted by molar-refractivity contribution is 5.89. The topological polar surface area (TPSA) is 63.0 Å². The molecule has 2 rings (SSSR count). The SMILES string of the molecule is COC(=O)C(CCC#N)c1nccc2ccccc12. The summed E-state index contributed by atoms with van der Waals surface area (Å²) < 4.78 is 4.82. The summed E-state index contributed by atoms with van der Waals surface area (Å²) in [5.41, 5.74) is 0.681. The zero-order chi connectivity index (χ0) is 13.7. The van der Waals surface area contributed by atoms with Gasteiger partial charge in [0.25, 0.3) is 0 Å². The Morgan fingerprint density at radius 1 is 1.42 bits per heavy atom. The van der Waals surface area contributed by atoms with E-state index in [4.69, 9.17) is 10.00 Å². The van der Waals surface area contributed by atoms with Crippen molar-refractivity contribution in [3.05, 3.63) is 42.2 Å². The molecular weight excluding hydrogens is 240 g/mol. The number of pyridine rings is 1. The number of nitrogens with zero attached hydrogens (tertiary/aromatic N) is 2. The van der Waals surface area contributed by atoms with Crippen molar-refractivity contribution in [2.75, 3.05) is 7.11 Å². The van der Waals surface area contributed by atoms with Crippen LogP contribution in [0, 0.1) is 11.3 Å². The van der Waals surface area contributed by atoms with Gasteiger partial charge in [-0.1, -0.05) is 24.3 Å². The third kappa shape index (κ3) is 2.71. The molecule has 0 amide bonds. The Hall–Kier alpha value is -2.41. The molecule has 0 bridgehead atoms. The van der Waals surface area contributed by atoms with Gasteiger partial charge in [-0.2, -0.15) is 5.26 Å². The number of hydrogen-bond acceptors (Lipinski definition) is 4. The van der Waals surface area contributed by atoms with Crippen LogP contribution in [-0.2, 0) is 9.53 Å². The molecule has 2 aromatic rings. The van der Waals surface area contributed by atoms with Crippen LogP contribution in [0.15, 0.2) is 36.5 Å². The van der Waals surface area contributed by atoms with Crippen LogP contribution in [0.3, 0.4) is 0 Å². The molecule has 0 aliphatic carbocycles. The van der Waals surface area contributed by atoms with Crippen LogP contribution in [0.5, 0.6) is 0 Å². The Balaban J connectivity index is 2.49. The second-order valence-electron chi connectivity index (χ2n) is 4.19. The molecule has 4 nitrogen and oxygen atoms in total. The van der Waals surface area contributed by atoms with Crippen LogP contribution in [0.25, 0.3) is 10.8 Å². The van der Waals surface area contributed by atoms with Crippen molar-refractivity contribution in [1.82, 2.24) is 4.98 Å². The van der Waals surface area contributed by atoms with Crippen molar-refractivity contribution >= 4 is 16.7 Å². The van der Waals surface area contributed by atoms with E-state index in [1.54, 1.807) is 6.20 Å². The molecule has 1 atom stereocenters. The first-order chi connectivity index (χ1) is 9.27. The van der Waals surface area contributed by atoms with Crippen LogP contribution >= 0.6 is 0 Å². The summed E-state index contributed by atoms with van der Waals surface area (Å²) in [4.78, 5) is 16.2. The number of fused-ring (bicyclic) bond motifs is 1. The van der Waals surface area contributed by atoms with Gasteiger partial charge < -0.3 is 4.74 Å². The predicted molar refractivity (Wildman–Crippen MR) is 71.3 cm³/mol. The molecule has 1 heterocycles. The molecule has 0 fully saturated rings. The van der Waals surface area contributed by atoms with Gasteiger partial charge in [-0.05, 0) is 17.9 Å². The number of nitriles is 1. The minimum absolute atomic E-state index is 0.296. The summed E-state index contributed by atoms with van der Waals surface area (Å²) in [7, 11) is 1.35. The molecule has 0 radical (unpaired) electrons. The Kier molecular flexibility index (Phi) is 4.09. The van der Waals surface area contributed by atoms with Gasteiger partial charge in [0.2, 0.25) is 0 Å². The first kappa shape index (κ1) is 13.0. The zero-order valence-electron chi connectivity index (χ0n) is 10.7. The Bertz CT molecular complexity index is 626. The second-order valence-corrected chi connectivity index (χ2v) is 4.19. The molecule has 1 aromatic carbocycles. The summed E-state index contributed by atoms with van der Waals surface area (Å²) in [6.45, 7) is 0. The van der Waals surface area contributed by atoms with Crippen molar-refractivity contribution in [2.45, 2.75) is 18.8 Å². The standard InChI is InChI=1S/C15H14N2O2/c1-19-15(18)13(7-4-9-16)14-12-6-3-2-5-11(12)8-10-17-14/h2-3,5-6,8,10,13H,4,7H2,1H3. The van der Waals surface area contributed by atoms with Crippen molar-refractivity contribution in [2.24, 2.45) is 0 Å². The lowest BCUT2D eigenvalue weighted by Gasteiger charge is -2.14. The van der Waals surface area contributed by atoms with Crippen LogP contribution in [-0.4, -0.2) is 18.1 Å². The number of carbonyl (C=O) groups excluding carboxylic acids is 1. The molecule has 0 N–H and O–H groups in total. The van der Waals surface area contributed by atoms with Gasteiger partial charge in [-0.3, -0.25) is 9.78 Å². The molecule has 0 spiro atoms. The fourth-order valence-electron chi connectivity index (χ4n) is 2.14. The molecular formula is C15H14N2O2. The number of ether oxygens (including phenoxy) is 1. The number of esters is 1.